The molecule has 1 heterocycles. The summed E-state index contributed by atoms with van der Waals surface area (Å²) in [4.78, 5) is 28.9. The van der Waals surface area contributed by atoms with Crippen molar-refractivity contribution in [2.75, 3.05) is 10.6 Å². The lowest BCUT2D eigenvalue weighted by Crippen LogP contribution is -2.19. The Hall–Kier alpha value is -4.38. The fourth-order valence-electron chi connectivity index (χ4n) is 5.17. The number of carbonyl (C=O) groups is 2. The molecule has 1 aromatic heterocycles. The molecule has 1 unspecified atom stereocenters. The third-order valence-electron chi connectivity index (χ3n) is 7.22. The standard InChI is InChI=1S/C34H27N3O2S2/c35-21-29-28-15-6-7-16-30(28)41-34(29)37-33(39)31(23-10-2-1-3-11-23)40-27-14-8-13-26(20-27)36-32(38)25-18-17-22-9-4-5-12-24(22)19-25/h1-5,8-14,17-20,31H,6-7,15-16H2,(H,36,38)(H,37,39). The normalized spacial score (nSPS) is 13.1. The molecule has 6 rings (SSSR count). The molecular formula is C34H27N3O2S2. The Labute approximate surface area is 247 Å². The molecule has 1 atom stereocenters. The predicted octanol–water partition coefficient (Wildman–Crippen LogP) is 8.38. The zero-order chi connectivity index (χ0) is 28.2. The minimum Gasteiger partial charge on any atom is -0.322 e. The molecule has 7 heteroatoms. The molecule has 0 radical (unpaired) electrons. The molecule has 0 spiro atoms. The highest BCUT2D eigenvalue weighted by molar-refractivity contribution is 8.00. The number of nitrogens with zero attached hydrogens (tertiary/aromatic N) is 1. The second-order valence-corrected chi connectivity index (χ2v) is 12.3. The molecule has 4 aromatic carbocycles. The van der Waals surface area contributed by atoms with Gasteiger partial charge in [-0.2, -0.15) is 5.26 Å². The minimum atomic E-state index is -0.548. The second-order valence-electron chi connectivity index (χ2n) is 9.97. The van der Waals surface area contributed by atoms with Crippen molar-refractivity contribution in [2.24, 2.45) is 0 Å². The molecule has 0 aliphatic heterocycles. The van der Waals surface area contributed by atoms with Crippen molar-refractivity contribution < 1.29 is 9.59 Å². The molecule has 41 heavy (non-hydrogen) atoms. The first kappa shape index (κ1) is 26.8. The van der Waals surface area contributed by atoms with Crippen molar-refractivity contribution in [1.82, 2.24) is 0 Å². The van der Waals surface area contributed by atoms with Crippen LogP contribution in [-0.2, 0) is 17.6 Å². The zero-order valence-corrected chi connectivity index (χ0v) is 23.9. The highest BCUT2D eigenvalue weighted by Crippen LogP contribution is 2.41. The van der Waals surface area contributed by atoms with Crippen LogP contribution in [0, 0.1) is 11.3 Å². The van der Waals surface area contributed by atoms with Crippen molar-refractivity contribution in [2.45, 2.75) is 35.8 Å². The summed E-state index contributed by atoms with van der Waals surface area (Å²) in [6.45, 7) is 0. The van der Waals surface area contributed by atoms with Gasteiger partial charge in [-0.15, -0.1) is 23.1 Å². The molecule has 1 aliphatic carbocycles. The largest absolute Gasteiger partial charge is 0.322 e. The third kappa shape index (κ3) is 5.90. The van der Waals surface area contributed by atoms with Gasteiger partial charge >= 0.3 is 0 Å². The van der Waals surface area contributed by atoms with Gasteiger partial charge in [-0.1, -0.05) is 66.7 Å². The SMILES string of the molecule is N#Cc1c(NC(=O)C(Sc2cccc(NC(=O)c3ccc4ccccc4c3)c2)c2ccccc2)sc2c1CCCC2. The van der Waals surface area contributed by atoms with E-state index in [-0.39, 0.29) is 11.8 Å². The van der Waals surface area contributed by atoms with Crippen LogP contribution in [0.4, 0.5) is 10.7 Å². The number of fused-ring (bicyclic) bond motifs is 2. The van der Waals surface area contributed by atoms with E-state index in [1.54, 1.807) is 0 Å². The van der Waals surface area contributed by atoms with Gasteiger partial charge in [-0.3, -0.25) is 9.59 Å². The first-order chi connectivity index (χ1) is 20.1. The predicted molar refractivity (Wildman–Crippen MR) is 168 cm³/mol. The van der Waals surface area contributed by atoms with Gasteiger partial charge in [0.05, 0.1) is 5.56 Å². The van der Waals surface area contributed by atoms with Crippen LogP contribution in [0.5, 0.6) is 0 Å². The molecule has 202 valence electrons. The minimum absolute atomic E-state index is 0.179. The smallest absolute Gasteiger partial charge is 0.255 e. The van der Waals surface area contributed by atoms with Crippen LogP contribution < -0.4 is 10.6 Å². The van der Waals surface area contributed by atoms with E-state index in [9.17, 15) is 14.9 Å². The summed E-state index contributed by atoms with van der Waals surface area (Å²) in [6.07, 6.45) is 4.03. The van der Waals surface area contributed by atoms with Crippen molar-refractivity contribution in [1.29, 1.82) is 5.26 Å². The molecule has 0 fully saturated rings. The maximum absolute atomic E-state index is 13.7. The summed E-state index contributed by atoms with van der Waals surface area (Å²) in [6, 6.07) is 33.1. The summed E-state index contributed by atoms with van der Waals surface area (Å²) < 4.78 is 0. The Balaban J connectivity index is 1.23. The lowest BCUT2D eigenvalue weighted by Gasteiger charge is -2.17. The highest BCUT2D eigenvalue weighted by Gasteiger charge is 2.27. The number of nitrogens with one attached hydrogen (secondary N) is 2. The number of thioether (sulfide) groups is 1. The number of aryl methyl sites for hydroxylation is 1. The molecule has 1 aliphatic rings. The summed E-state index contributed by atoms with van der Waals surface area (Å²) in [7, 11) is 0. The van der Waals surface area contributed by atoms with E-state index in [0.29, 0.717) is 21.8 Å². The molecule has 2 amide bonds. The molecule has 5 aromatic rings. The quantitative estimate of drug-likeness (QED) is 0.192. The lowest BCUT2D eigenvalue weighted by molar-refractivity contribution is -0.115. The van der Waals surface area contributed by atoms with Crippen molar-refractivity contribution >= 4 is 56.4 Å². The maximum atomic E-state index is 13.7. The average Bonchev–Trinajstić information content (AvgIpc) is 3.37. The van der Waals surface area contributed by atoms with E-state index in [2.05, 4.69) is 16.7 Å². The van der Waals surface area contributed by atoms with Crippen LogP contribution in [-0.4, -0.2) is 11.8 Å². The van der Waals surface area contributed by atoms with E-state index >= 15 is 0 Å². The fraction of sp³-hybridized carbons (Fsp3) is 0.147. The number of hydrogen-bond donors (Lipinski definition) is 2. The first-order valence-electron chi connectivity index (χ1n) is 13.6. The van der Waals surface area contributed by atoms with Gasteiger partial charge in [0.1, 0.15) is 16.3 Å². The Morgan fingerprint density at radius 2 is 1.61 bits per heavy atom. The van der Waals surface area contributed by atoms with Gasteiger partial charge in [-0.05, 0) is 77.9 Å². The number of nitriles is 1. The third-order valence-corrected chi connectivity index (χ3v) is 9.67. The van der Waals surface area contributed by atoms with Crippen LogP contribution in [0.25, 0.3) is 10.8 Å². The van der Waals surface area contributed by atoms with E-state index in [1.807, 2.05) is 97.1 Å². The van der Waals surface area contributed by atoms with Crippen molar-refractivity contribution in [3.8, 4) is 6.07 Å². The summed E-state index contributed by atoms with van der Waals surface area (Å²) >= 11 is 2.95. The molecule has 0 saturated heterocycles. The number of anilines is 2. The van der Waals surface area contributed by atoms with Crippen LogP contribution in [0.3, 0.4) is 0 Å². The van der Waals surface area contributed by atoms with E-state index in [4.69, 9.17) is 0 Å². The first-order valence-corrected chi connectivity index (χ1v) is 15.3. The summed E-state index contributed by atoms with van der Waals surface area (Å²) in [5.74, 6) is -0.372. The van der Waals surface area contributed by atoms with Crippen LogP contribution in [0.15, 0.2) is 102 Å². The van der Waals surface area contributed by atoms with Crippen LogP contribution >= 0.6 is 23.1 Å². The highest BCUT2D eigenvalue weighted by atomic mass is 32.2. The fourth-order valence-corrected chi connectivity index (χ4v) is 7.49. The van der Waals surface area contributed by atoms with E-state index < -0.39 is 5.25 Å². The Morgan fingerprint density at radius 3 is 2.44 bits per heavy atom. The Bertz CT molecular complexity index is 1790. The molecule has 0 saturated carbocycles. The molecule has 5 nitrogen and oxygen atoms in total. The van der Waals surface area contributed by atoms with Crippen molar-refractivity contribution in [3.63, 3.8) is 0 Å². The summed E-state index contributed by atoms with van der Waals surface area (Å²) in [5, 5.41) is 18.1. The molecule has 2 N–H and O–H groups in total. The second kappa shape index (κ2) is 12.0. The lowest BCUT2D eigenvalue weighted by atomic mass is 9.96. The van der Waals surface area contributed by atoms with Crippen LogP contribution in [0.2, 0.25) is 0 Å². The summed E-state index contributed by atoms with van der Waals surface area (Å²) in [5.41, 5.74) is 3.79. The average molecular weight is 574 g/mol. The number of carbonyl (C=O) groups excluding carboxylic acids is 2. The van der Waals surface area contributed by atoms with Gasteiger partial charge in [-0.25, -0.2) is 0 Å². The molecular weight excluding hydrogens is 547 g/mol. The Kier molecular flexibility index (Phi) is 7.86. The van der Waals surface area contributed by atoms with Gasteiger partial charge in [0.2, 0.25) is 5.91 Å². The number of rotatable bonds is 7. The number of hydrogen-bond acceptors (Lipinski definition) is 5. The van der Waals surface area contributed by atoms with Gasteiger partial charge in [0.15, 0.2) is 0 Å². The van der Waals surface area contributed by atoms with Crippen LogP contribution in [0.1, 0.15) is 50.0 Å². The maximum Gasteiger partial charge on any atom is 0.255 e. The number of amides is 2. The topological polar surface area (TPSA) is 82.0 Å². The van der Waals surface area contributed by atoms with E-state index in [0.717, 1.165) is 52.5 Å². The van der Waals surface area contributed by atoms with Gasteiger partial charge in [0.25, 0.3) is 5.91 Å². The Morgan fingerprint density at radius 1 is 0.829 bits per heavy atom. The zero-order valence-electron chi connectivity index (χ0n) is 22.2. The van der Waals surface area contributed by atoms with Gasteiger partial charge in [0, 0.05) is 21.0 Å². The van der Waals surface area contributed by atoms with Crippen molar-refractivity contribution in [3.05, 3.63) is 124 Å². The van der Waals surface area contributed by atoms with E-state index in [1.165, 1.54) is 28.0 Å². The number of thiophene rings is 1. The monoisotopic (exact) mass is 573 g/mol. The molecule has 0 bridgehead atoms. The number of benzene rings is 4. The van der Waals surface area contributed by atoms with Gasteiger partial charge < -0.3 is 10.6 Å².